The molecule has 0 radical (unpaired) electrons. The highest BCUT2D eigenvalue weighted by molar-refractivity contribution is 5.90. The minimum Gasteiger partial charge on any atom is -0.496 e. The third kappa shape index (κ3) is 4.74. The molecule has 36 heavy (non-hydrogen) atoms. The zero-order valence-corrected chi connectivity index (χ0v) is 21.9. The molecule has 1 aliphatic rings. The van der Waals surface area contributed by atoms with Gasteiger partial charge in [-0.1, -0.05) is 0 Å². The number of aromatic amines is 1. The highest BCUT2D eigenvalue weighted by Gasteiger charge is 2.33. The molecular formula is C29H34N4O3. The number of fused-ring (bicyclic) bond motifs is 2. The number of aryl methyl sites for hydroxylation is 1. The van der Waals surface area contributed by atoms with Gasteiger partial charge < -0.3 is 19.4 Å². The van der Waals surface area contributed by atoms with Gasteiger partial charge in [0.15, 0.2) is 0 Å². The summed E-state index contributed by atoms with van der Waals surface area (Å²) >= 11 is 0. The lowest BCUT2D eigenvalue weighted by atomic mass is 9.88. The monoisotopic (exact) mass is 486 g/mol. The largest absolute Gasteiger partial charge is 0.496 e. The molecule has 4 heterocycles. The number of rotatable bonds is 3. The van der Waals surface area contributed by atoms with Crippen LogP contribution >= 0.6 is 0 Å². The van der Waals surface area contributed by atoms with Gasteiger partial charge in [-0.25, -0.2) is 9.78 Å². The lowest BCUT2D eigenvalue weighted by Crippen LogP contribution is -2.46. The molecule has 7 nitrogen and oxygen atoms in total. The summed E-state index contributed by atoms with van der Waals surface area (Å²) in [5.41, 5.74) is 6.25. The molecule has 2 unspecified atom stereocenters. The van der Waals surface area contributed by atoms with E-state index in [4.69, 9.17) is 19.4 Å². The normalized spacial score (nSPS) is 18.6. The quantitative estimate of drug-likeness (QED) is 0.353. The number of hydrogen-bond acceptors (Lipinski definition) is 5. The first-order valence-corrected chi connectivity index (χ1v) is 12.6. The zero-order valence-electron chi connectivity index (χ0n) is 21.9. The maximum Gasteiger partial charge on any atom is 0.410 e. The average Bonchev–Trinajstić information content (AvgIpc) is 3.20. The molecule has 0 spiro atoms. The van der Waals surface area contributed by atoms with Gasteiger partial charge in [0.25, 0.3) is 0 Å². The summed E-state index contributed by atoms with van der Waals surface area (Å²) in [5, 5.41) is 1.13. The van der Waals surface area contributed by atoms with Crippen LogP contribution < -0.4 is 4.74 Å². The molecule has 4 aromatic rings. The molecule has 0 aliphatic carbocycles. The summed E-state index contributed by atoms with van der Waals surface area (Å²) < 4.78 is 11.3. The number of nitrogens with one attached hydrogen (secondary N) is 1. The molecule has 7 heteroatoms. The van der Waals surface area contributed by atoms with Crippen LogP contribution in [0.25, 0.3) is 33.2 Å². The minimum atomic E-state index is -0.490. The van der Waals surface area contributed by atoms with E-state index in [1.165, 1.54) is 0 Å². The maximum absolute atomic E-state index is 12.6. The van der Waals surface area contributed by atoms with Crippen molar-refractivity contribution >= 4 is 28.0 Å². The highest BCUT2D eigenvalue weighted by atomic mass is 16.6. The molecule has 1 fully saturated rings. The summed E-state index contributed by atoms with van der Waals surface area (Å²) in [4.78, 5) is 27.7. The lowest BCUT2D eigenvalue weighted by Gasteiger charge is -2.38. The van der Waals surface area contributed by atoms with Crippen molar-refractivity contribution < 1.29 is 14.3 Å². The van der Waals surface area contributed by atoms with Crippen LogP contribution in [0.4, 0.5) is 4.79 Å². The van der Waals surface area contributed by atoms with Crippen LogP contribution in [-0.4, -0.2) is 51.2 Å². The molecule has 1 amide bonds. The number of aromatic nitrogens is 3. The van der Waals surface area contributed by atoms with Gasteiger partial charge in [0.05, 0.1) is 23.8 Å². The second-order valence-electron chi connectivity index (χ2n) is 10.8. The third-order valence-electron chi connectivity index (χ3n) is 6.84. The molecule has 1 saturated heterocycles. The van der Waals surface area contributed by atoms with E-state index in [0.29, 0.717) is 12.5 Å². The Balaban J connectivity index is 1.38. The number of amides is 1. The Morgan fingerprint density at radius 1 is 1.08 bits per heavy atom. The van der Waals surface area contributed by atoms with Gasteiger partial charge >= 0.3 is 6.09 Å². The molecule has 5 rings (SSSR count). The number of ether oxygens (including phenoxy) is 2. The summed E-state index contributed by atoms with van der Waals surface area (Å²) in [7, 11) is 1.68. The van der Waals surface area contributed by atoms with Crippen molar-refractivity contribution in [1.82, 2.24) is 19.9 Å². The van der Waals surface area contributed by atoms with Crippen LogP contribution in [-0.2, 0) is 4.74 Å². The number of likely N-dealkylation sites (tertiary alicyclic amines) is 1. The molecule has 1 aromatic carbocycles. The number of pyridine rings is 2. The Morgan fingerprint density at radius 2 is 1.83 bits per heavy atom. The van der Waals surface area contributed by atoms with Gasteiger partial charge in [-0.15, -0.1) is 0 Å². The van der Waals surface area contributed by atoms with Gasteiger partial charge in [-0.05, 0) is 83.9 Å². The molecule has 1 aliphatic heterocycles. The molecule has 3 aromatic heterocycles. The van der Waals surface area contributed by atoms with Crippen LogP contribution in [0, 0.1) is 6.92 Å². The van der Waals surface area contributed by atoms with Gasteiger partial charge in [0.1, 0.15) is 11.4 Å². The number of methoxy groups -OCH3 is 1. The summed E-state index contributed by atoms with van der Waals surface area (Å²) in [6, 6.07) is 14.5. The standard InChI is InChI=1S/C29H34N4O3/c1-17-13-20-15-21(27(35-6)16-26(20)30-17)23-8-10-24-25(32-23)9-7-22(31-24)19-11-12-33(18(2)14-19)28(34)36-29(3,4)5/h7-10,13,15-16,18-19,30H,11-12,14H2,1-6H3. The lowest BCUT2D eigenvalue weighted by molar-refractivity contribution is 0.0102. The molecule has 1 N–H and O–H groups in total. The minimum absolute atomic E-state index is 0.0936. The number of benzene rings is 1. The topological polar surface area (TPSA) is 80.3 Å². The second kappa shape index (κ2) is 9.12. The predicted molar refractivity (Wildman–Crippen MR) is 142 cm³/mol. The summed E-state index contributed by atoms with van der Waals surface area (Å²) in [5.74, 6) is 1.08. The molecule has 0 bridgehead atoms. The Kier molecular flexibility index (Phi) is 6.10. The highest BCUT2D eigenvalue weighted by Crippen LogP contribution is 2.35. The molecule has 2 atom stereocenters. The predicted octanol–water partition coefficient (Wildman–Crippen LogP) is 6.60. The van der Waals surface area contributed by atoms with E-state index in [-0.39, 0.29) is 12.1 Å². The first-order chi connectivity index (χ1) is 17.1. The smallest absolute Gasteiger partial charge is 0.410 e. The number of carbonyl (C=O) groups is 1. The Morgan fingerprint density at radius 3 is 2.56 bits per heavy atom. The maximum atomic E-state index is 12.6. The van der Waals surface area contributed by atoms with Crippen molar-refractivity contribution in [1.29, 1.82) is 0 Å². The van der Waals surface area contributed by atoms with Crippen molar-refractivity contribution in [2.24, 2.45) is 0 Å². The van der Waals surface area contributed by atoms with Crippen molar-refractivity contribution in [2.75, 3.05) is 13.7 Å². The summed E-state index contributed by atoms with van der Waals surface area (Å²) in [6.07, 6.45) is 1.48. The number of nitrogens with zero attached hydrogens (tertiary/aromatic N) is 3. The van der Waals surface area contributed by atoms with Crippen LogP contribution in [0.1, 0.15) is 57.8 Å². The van der Waals surface area contributed by atoms with Crippen LogP contribution in [0.5, 0.6) is 5.75 Å². The van der Waals surface area contributed by atoms with Crippen molar-refractivity contribution in [2.45, 2.75) is 65.0 Å². The SMILES string of the molecule is COc1cc2[nH]c(C)cc2cc1-c1ccc2nc(C3CCN(C(=O)OC(C)(C)C)C(C)C3)ccc2n1. The first-order valence-electron chi connectivity index (χ1n) is 12.6. The van der Waals surface area contributed by atoms with Crippen LogP contribution in [0.2, 0.25) is 0 Å². The van der Waals surface area contributed by atoms with Gasteiger partial charge in [-0.2, -0.15) is 0 Å². The number of carbonyl (C=O) groups excluding carboxylic acids is 1. The van der Waals surface area contributed by atoms with Crippen molar-refractivity contribution in [3.8, 4) is 17.0 Å². The van der Waals surface area contributed by atoms with E-state index < -0.39 is 5.60 Å². The fourth-order valence-corrected chi connectivity index (χ4v) is 5.11. The third-order valence-corrected chi connectivity index (χ3v) is 6.84. The van der Waals surface area contributed by atoms with E-state index in [0.717, 1.165) is 63.2 Å². The average molecular weight is 487 g/mol. The van der Waals surface area contributed by atoms with E-state index in [1.54, 1.807) is 7.11 Å². The van der Waals surface area contributed by atoms with Crippen LogP contribution in [0.3, 0.4) is 0 Å². The van der Waals surface area contributed by atoms with Gasteiger partial charge in [0.2, 0.25) is 0 Å². The van der Waals surface area contributed by atoms with Crippen molar-refractivity contribution in [3.63, 3.8) is 0 Å². The number of H-pyrrole nitrogens is 1. The summed E-state index contributed by atoms with van der Waals surface area (Å²) in [6.45, 7) is 10.5. The van der Waals surface area contributed by atoms with Crippen LogP contribution in [0.15, 0.2) is 42.5 Å². The fraction of sp³-hybridized carbons (Fsp3) is 0.414. The Bertz CT molecular complexity index is 1440. The fourth-order valence-electron chi connectivity index (χ4n) is 5.11. The van der Waals surface area contributed by atoms with E-state index in [2.05, 4.69) is 36.2 Å². The number of piperidine rings is 1. The second-order valence-corrected chi connectivity index (χ2v) is 10.8. The molecule has 0 saturated carbocycles. The Labute approximate surface area is 211 Å². The zero-order chi connectivity index (χ0) is 25.6. The van der Waals surface area contributed by atoms with E-state index in [9.17, 15) is 4.79 Å². The molecule has 188 valence electrons. The first kappa shape index (κ1) is 24.1. The Hall–Kier alpha value is -3.61. The van der Waals surface area contributed by atoms with E-state index in [1.807, 2.05) is 50.8 Å². The number of hydrogen-bond donors (Lipinski definition) is 1. The van der Waals surface area contributed by atoms with E-state index >= 15 is 0 Å². The van der Waals surface area contributed by atoms with Crippen molar-refractivity contribution in [3.05, 3.63) is 53.9 Å². The van der Waals surface area contributed by atoms with Gasteiger partial charge in [0, 0.05) is 52.4 Å². The van der Waals surface area contributed by atoms with Gasteiger partial charge in [-0.3, -0.25) is 4.98 Å². The molecular weight excluding hydrogens is 452 g/mol.